The first-order chi connectivity index (χ1) is 8.90. The van der Waals surface area contributed by atoms with Crippen molar-refractivity contribution in [3.05, 3.63) is 0 Å². The van der Waals surface area contributed by atoms with E-state index in [0.29, 0.717) is 11.8 Å². The molecule has 2 saturated heterocycles. The molecule has 0 aromatic carbocycles. The number of hydrogen-bond donors (Lipinski definition) is 0. The van der Waals surface area contributed by atoms with Crippen molar-refractivity contribution in [3.63, 3.8) is 0 Å². The van der Waals surface area contributed by atoms with Crippen LogP contribution in [0.25, 0.3) is 0 Å². The first-order valence-electron chi connectivity index (χ1n) is 7.92. The fourth-order valence-corrected chi connectivity index (χ4v) is 5.07. The average molecular weight is 251 g/mol. The molecule has 3 atom stereocenters. The van der Waals surface area contributed by atoms with E-state index in [1.54, 1.807) is 0 Å². The van der Waals surface area contributed by atoms with E-state index in [-0.39, 0.29) is 5.79 Å². The highest BCUT2D eigenvalue weighted by Gasteiger charge is 2.58. The first-order valence-corrected chi connectivity index (χ1v) is 7.92. The first kappa shape index (κ1) is 11.7. The lowest BCUT2D eigenvalue weighted by Crippen LogP contribution is -2.60. The van der Waals surface area contributed by atoms with Crippen LogP contribution in [0.2, 0.25) is 0 Å². The molecule has 2 bridgehead atoms. The van der Waals surface area contributed by atoms with E-state index in [4.69, 9.17) is 9.47 Å². The largest absolute Gasteiger partial charge is 0.347 e. The Morgan fingerprint density at radius 2 is 1.61 bits per heavy atom. The normalized spacial score (nSPS) is 43.7. The predicted molar refractivity (Wildman–Crippen MR) is 69.3 cm³/mol. The summed E-state index contributed by atoms with van der Waals surface area (Å²) in [6, 6.07) is 0.738. The molecule has 2 heterocycles. The third-order valence-corrected chi connectivity index (χ3v) is 5.78. The highest BCUT2D eigenvalue weighted by atomic mass is 16.7. The lowest BCUT2D eigenvalue weighted by atomic mass is 9.64. The van der Waals surface area contributed by atoms with Gasteiger partial charge in [0.05, 0.1) is 13.2 Å². The SMILES string of the molecule is C1C[C@H]2CC[C@H](N3CCCC3)[C@H](C1)C21OCCO1. The van der Waals surface area contributed by atoms with Crippen molar-refractivity contribution in [1.82, 2.24) is 4.90 Å². The molecular weight excluding hydrogens is 226 g/mol. The van der Waals surface area contributed by atoms with Crippen LogP contribution in [0.5, 0.6) is 0 Å². The van der Waals surface area contributed by atoms with Crippen LogP contribution < -0.4 is 0 Å². The minimum atomic E-state index is -0.177. The lowest BCUT2D eigenvalue weighted by molar-refractivity contribution is -0.273. The van der Waals surface area contributed by atoms with Gasteiger partial charge in [-0.1, -0.05) is 6.42 Å². The van der Waals surface area contributed by atoms with Crippen LogP contribution in [0.4, 0.5) is 0 Å². The third-order valence-electron chi connectivity index (χ3n) is 5.78. The second-order valence-electron chi connectivity index (χ2n) is 6.54. The minimum absolute atomic E-state index is 0.177. The lowest BCUT2D eigenvalue weighted by Gasteiger charge is -2.54. The second kappa shape index (κ2) is 4.46. The van der Waals surface area contributed by atoms with Crippen molar-refractivity contribution in [2.24, 2.45) is 11.8 Å². The Hall–Kier alpha value is -0.120. The van der Waals surface area contributed by atoms with Crippen molar-refractivity contribution >= 4 is 0 Å². The zero-order chi connectivity index (χ0) is 12.0. The number of ether oxygens (including phenoxy) is 2. The van der Waals surface area contributed by atoms with E-state index < -0.39 is 0 Å². The molecule has 2 aliphatic heterocycles. The van der Waals surface area contributed by atoms with Gasteiger partial charge in [-0.25, -0.2) is 0 Å². The summed E-state index contributed by atoms with van der Waals surface area (Å²) in [6.45, 7) is 4.25. The number of nitrogens with zero attached hydrogens (tertiary/aromatic N) is 1. The van der Waals surface area contributed by atoms with Gasteiger partial charge >= 0.3 is 0 Å². The quantitative estimate of drug-likeness (QED) is 0.714. The Morgan fingerprint density at radius 3 is 2.39 bits per heavy atom. The highest BCUT2D eigenvalue weighted by Crippen LogP contribution is 2.53. The molecule has 18 heavy (non-hydrogen) atoms. The van der Waals surface area contributed by atoms with Crippen LogP contribution >= 0.6 is 0 Å². The average Bonchev–Trinajstić information content (AvgIpc) is 3.01. The summed E-state index contributed by atoms with van der Waals surface area (Å²) in [6.07, 6.45) is 9.50. The molecule has 0 amide bonds. The molecule has 0 aromatic rings. The topological polar surface area (TPSA) is 21.7 Å². The summed E-state index contributed by atoms with van der Waals surface area (Å²) in [5, 5.41) is 0. The maximum absolute atomic E-state index is 6.19. The van der Waals surface area contributed by atoms with E-state index >= 15 is 0 Å². The van der Waals surface area contributed by atoms with Crippen molar-refractivity contribution in [2.45, 2.75) is 56.8 Å². The number of likely N-dealkylation sites (tertiary alicyclic amines) is 1. The molecule has 0 radical (unpaired) electrons. The summed E-state index contributed by atoms with van der Waals surface area (Å²) < 4.78 is 12.4. The molecule has 1 spiro atoms. The molecule has 2 saturated carbocycles. The Kier molecular flexibility index (Phi) is 2.90. The highest BCUT2D eigenvalue weighted by molar-refractivity contribution is 5.03. The maximum Gasteiger partial charge on any atom is 0.175 e. The standard InChI is InChI=1S/C15H25NO2/c1-2-9-16(8-1)14-7-6-12-4-3-5-13(14)15(12)17-10-11-18-15/h12-14H,1-11H2/t12-,13-,14-/m0/s1. The van der Waals surface area contributed by atoms with E-state index in [9.17, 15) is 0 Å². The van der Waals surface area contributed by atoms with Gasteiger partial charge in [-0.3, -0.25) is 4.90 Å². The molecule has 0 unspecified atom stereocenters. The van der Waals surface area contributed by atoms with Gasteiger partial charge in [-0.05, 0) is 51.6 Å². The van der Waals surface area contributed by atoms with E-state index in [1.807, 2.05) is 0 Å². The molecule has 4 rings (SSSR count). The minimum Gasteiger partial charge on any atom is -0.347 e. The molecule has 2 aliphatic carbocycles. The molecule has 102 valence electrons. The van der Waals surface area contributed by atoms with Gasteiger partial charge in [0.15, 0.2) is 5.79 Å². The molecule has 3 heteroatoms. The Balaban J connectivity index is 1.62. The zero-order valence-electron chi connectivity index (χ0n) is 11.3. The van der Waals surface area contributed by atoms with Gasteiger partial charge in [0.2, 0.25) is 0 Å². The fraction of sp³-hybridized carbons (Fsp3) is 1.00. The van der Waals surface area contributed by atoms with Crippen molar-refractivity contribution < 1.29 is 9.47 Å². The molecular formula is C15H25NO2. The van der Waals surface area contributed by atoms with Crippen LogP contribution in [0, 0.1) is 11.8 Å². The van der Waals surface area contributed by atoms with Crippen LogP contribution in [0.3, 0.4) is 0 Å². The summed E-state index contributed by atoms with van der Waals surface area (Å²) in [7, 11) is 0. The molecule has 0 N–H and O–H groups in total. The van der Waals surface area contributed by atoms with Crippen molar-refractivity contribution in [1.29, 1.82) is 0 Å². The smallest absolute Gasteiger partial charge is 0.175 e. The summed E-state index contributed by atoms with van der Waals surface area (Å²) >= 11 is 0. The summed E-state index contributed by atoms with van der Waals surface area (Å²) in [5.41, 5.74) is 0. The Labute approximate surface area is 110 Å². The molecule has 4 aliphatic rings. The van der Waals surface area contributed by atoms with E-state index in [1.165, 1.54) is 58.0 Å². The van der Waals surface area contributed by atoms with Crippen LogP contribution in [-0.2, 0) is 9.47 Å². The number of rotatable bonds is 1. The van der Waals surface area contributed by atoms with Gasteiger partial charge in [-0.2, -0.15) is 0 Å². The van der Waals surface area contributed by atoms with Crippen LogP contribution in [0.15, 0.2) is 0 Å². The molecule has 3 nitrogen and oxygen atoms in total. The summed E-state index contributed by atoms with van der Waals surface area (Å²) in [5.74, 6) is 1.15. The maximum atomic E-state index is 6.19. The summed E-state index contributed by atoms with van der Waals surface area (Å²) in [4.78, 5) is 2.74. The monoisotopic (exact) mass is 251 g/mol. The van der Waals surface area contributed by atoms with Crippen molar-refractivity contribution in [2.75, 3.05) is 26.3 Å². The zero-order valence-corrected chi connectivity index (χ0v) is 11.3. The third kappa shape index (κ3) is 1.60. The van der Waals surface area contributed by atoms with Gasteiger partial charge in [0.1, 0.15) is 0 Å². The second-order valence-corrected chi connectivity index (χ2v) is 6.54. The van der Waals surface area contributed by atoms with Crippen molar-refractivity contribution in [3.8, 4) is 0 Å². The fourth-order valence-electron chi connectivity index (χ4n) is 5.07. The molecule has 0 aromatic heterocycles. The van der Waals surface area contributed by atoms with E-state index in [2.05, 4.69) is 4.90 Å². The predicted octanol–water partition coefficient (Wildman–Crippen LogP) is 2.40. The van der Waals surface area contributed by atoms with E-state index in [0.717, 1.165) is 19.3 Å². The van der Waals surface area contributed by atoms with Gasteiger partial charge in [-0.15, -0.1) is 0 Å². The van der Waals surface area contributed by atoms with Gasteiger partial charge < -0.3 is 9.47 Å². The number of hydrogen-bond acceptors (Lipinski definition) is 3. The Morgan fingerprint density at radius 1 is 0.833 bits per heavy atom. The van der Waals surface area contributed by atoms with Gasteiger partial charge in [0, 0.05) is 17.9 Å². The Bertz CT molecular complexity index is 308. The van der Waals surface area contributed by atoms with Gasteiger partial charge in [0.25, 0.3) is 0 Å². The van der Waals surface area contributed by atoms with Crippen LogP contribution in [0.1, 0.15) is 44.9 Å². The molecule has 4 fully saturated rings. The van der Waals surface area contributed by atoms with Crippen LogP contribution in [-0.4, -0.2) is 43.0 Å².